The highest BCUT2D eigenvalue weighted by molar-refractivity contribution is 5.92. The maximum Gasteiger partial charge on any atom is 0.345 e. The molecule has 1 aliphatic heterocycles. The number of nitrogens with zero attached hydrogens (tertiary/aromatic N) is 2. The van der Waals surface area contributed by atoms with Crippen molar-refractivity contribution < 1.29 is 9.53 Å². The fraction of sp³-hybridized carbons (Fsp3) is 0.706. The lowest BCUT2D eigenvalue weighted by atomic mass is 9.91. The van der Waals surface area contributed by atoms with Crippen molar-refractivity contribution in [1.29, 1.82) is 0 Å². The van der Waals surface area contributed by atoms with Gasteiger partial charge in [0.15, 0.2) is 0 Å². The number of rotatable bonds is 5. The van der Waals surface area contributed by atoms with Gasteiger partial charge in [-0.1, -0.05) is 27.7 Å². The predicted octanol–water partition coefficient (Wildman–Crippen LogP) is 2.10. The molecule has 6 nitrogen and oxygen atoms in total. The van der Waals surface area contributed by atoms with Crippen LogP contribution in [0.2, 0.25) is 0 Å². The topological polar surface area (TPSA) is 75.3 Å². The standard InChI is InChI=1S/C17H27N3O3/c1-5-8-20(11-12-7-6-9-23-12)15(21)13-10-14(17(2,3)4)19-16(22)18-13/h10,12H,5-9,11H2,1-4H3,(H,18,19,22). The Bertz CT molecular complexity index is 598. The Hall–Kier alpha value is -1.69. The first-order chi connectivity index (χ1) is 10.8. The van der Waals surface area contributed by atoms with Gasteiger partial charge in [0.1, 0.15) is 5.69 Å². The van der Waals surface area contributed by atoms with Crippen LogP contribution in [-0.2, 0) is 10.2 Å². The number of aromatic amines is 1. The normalized spacial score (nSPS) is 18.2. The zero-order chi connectivity index (χ0) is 17.0. The molecule has 0 spiro atoms. The Morgan fingerprint density at radius 3 is 2.78 bits per heavy atom. The number of nitrogens with one attached hydrogen (secondary N) is 1. The van der Waals surface area contributed by atoms with E-state index in [1.165, 1.54) is 0 Å². The van der Waals surface area contributed by atoms with E-state index < -0.39 is 5.69 Å². The lowest BCUT2D eigenvalue weighted by Gasteiger charge is -2.25. The highest BCUT2D eigenvalue weighted by Crippen LogP contribution is 2.20. The summed E-state index contributed by atoms with van der Waals surface area (Å²) in [7, 11) is 0. The van der Waals surface area contributed by atoms with Crippen LogP contribution in [0.3, 0.4) is 0 Å². The average Bonchev–Trinajstić information content (AvgIpc) is 2.97. The molecule has 1 aliphatic rings. The van der Waals surface area contributed by atoms with Crippen molar-refractivity contribution in [3.05, 3.63) is 27.9 Å². The van der Waals surface area contributed by atoms with E-state index in [-0.39, 0.29) is 23.1 Å². The van der Waals surface area contributed by atoms with Crippen LogP contribution in [0, 0.1) is 0 Å². The average molecular weight is 321 g/mol. The minimum Gasteiger partial charge on any atom is -0.376 e. The van der Waals surface area contributed by atoms with Crippen LogP contribution in [-0.4, -0.2) is 46.6 Å². The highest BCUT2D eigenvalue weighted by Gasteiger charge is 2.25. The molecule has 2 rings (SSSR count). The first-order valence-electron chi connectivity index (χ1n) is 8.34. The van der Waals surface area contributed by atoms with Gasteiger partial charge >= 0.3 is 5.69 Å². The monoisotopic (exact) mass is 321 g/mol. The minimum atomic E-state index is -0.477. The van der Waals surface area contributed by atoms with Crippen molar-refractivity contribution in [2.24, 2.45) is 0 Å². The molecule has 1 saturated heterocycles. The quantitative estimate of drug-likeness (QED) is 0.901. The number of aromatic nitrogens is 2. The molecule has 1 unspecified atom stereocenters. The number of H-pyrrole nitrogens is 1. The van der Waals surface area contributed by atoms with E-state index in [1.807, 2.05) is 27.7 Å². The van der Waals surface area contributed by atoms with Gasteiger partial charge in [0.2, 0.25) is 0 Å². The molecule has 6 heteroatoms. The molecule has 0 radical (unpaired) electrons. The second-order valence-corrected chi connectivity index (χ2v) is 7.12. The van der Waals surface area contributed by atoms with Gasteiger partial charge in [0.05, 0.1) is 6.10 Å². The molecule has 0 aliphatic carbocycles. The summed E-state index contributed by atoms with van der Waals surface area (Å²) in [5.41, 5.74) is 0.204. The van der Waals surface area contributed by atoms with Crippen molar-refractivity contribution in [3.8, 4) is 0 Å². The molecule has 23 heavy (non-hydrogen) atoms. The molecule has 1 N–H and O–H groups in total. The largest absolute Gasteiger partial charge is 0.376 e. The molecule has 0 bridgehead atoms. The maximum absolute atomic E-state index is 12.8. The fourth-order valence-electron chi connectivity index (χ4n) is 2.71. The van der Waals surface area contributed by atoms with E-state index in [1.54, 1.807) is 11.0 Å². The van der Waals surface area contributed by atoms with Crippen molar-refractivity contribution in [2.45, 2.75) is 58.5 Å². The Labute approximate surface area is 137 Å². The Kier molecular flexibility index (Phi) is 5.57. The first kappa shape index (κ1) is 17.7. The SMILES string of the molecule is CCCN(CC1CCCO1)C(=O)c1cc(C(C)(C)C)[nH]c(=O)n1. The summed E-state index contributed by atoms with van der Waals surface area (Å²) in [4.78, 5) is 33.0. The summed E-state index contributed by atoms with van der Waals surface area (Å²) < 4.78 is 5.64. The van der Waals surface area contributed by atoms with Gasteiger partial charge in [0, 0.05) is 30.8 Å². The van der Waals surface area contributed by atoms with E-state index in [4.69, 9.17) is 4.74 Å². The van der Waals surface area contributed by atoms with Gasteiger partial charge in [-0.15, -0.1) is 0 Å². The fourth-order valence-corrected chi connectivity index (χ4v) is 2.71. The zero-order valence-electron chi connectivity index (χ0n) is 14.5. The number of carbonyl (C=O) groups is 1. The summed E-state index contributed by atoms with van der Waals surface area (Å²) >= 11 is 0. The van der Waals surface area contributed by atoms with E-state index in [9.17, 15) is 9.59 Å². The van der Waals surface area contributed by atoms with E-state index in [0.717, 1.165) is 31.6 Å². The van der Waals surface area contributed by atoms with Gasteiger partial charge in [-0.25, -0.2) is 4.79 Å². The first-order valence-corrected chi connectivity index (χ1v) is 8.34. The van der Waals surface area contributed by atoms with Crippen LogP contribution in [0.1, 0.15) is 63.1 Å². The van der Waals surface area contributed by atoms with Gasteiger partial charge < -0.3 is 14.6 Å². The smallest absolute Gasteiger partial charge is 0.345 e. The van der Waals surface area contributed by atoms with Gasteiger partial charge in [-0.3, -0.25) is 4.79 Å². The third-order valence-corrected chi connectivity index (χ3v) is 4.00. The van der Waals surface area contributed by atoms with Gasteiger partial charge in [-0.05, 0) is 25.3 Å². The highest BCUT2D eigenvalue weighted by atomic mass is 16.5. The molecular weight excluding hydrogens is 294 g/mol. The van der Waals surface area contributed by atoms with E-state index in [0.29, 0.717) is 13.1 Å². The molecular formula is C17H27N3O3. The third kappa shape index (κ3) is 4.64. The molecule has 0 aromatic carbocycles. The van der Waals surface area contributed by atoms with Crippen molar-refractivity contribution in [3.63, 3.8) is 0 Å². The number of hydrogen-bond donors (Lipinski definition) is 1. The van der Waals surface area contributed by atoms with Crippen LogP contribution >= 0.6 is 0 Å². The van der Waals surface area contributed by atoms with Crippen LogP contribution < -0.4 is 5.69 Å². The second-order valence-electron chi connectivity index (χ2n) is 7.12. The summed E-state index contributed by atoms with van der Waals surface area (Å²) in [6.45, 7) is 9.95. The minimum absolute atomic E-state index is 0.0922. The number of ether oxygens (including phenoxy) is 1. The van der Waals surface area contributed by atoms with Gasteiger partial charge in [0.25, 0.3) is 5.91 Å². The summed E-state index contributed by atoms with van der Waals surface area (Å²) in [5.74, 6) is -0.195. The van der Waals surface area contributed by atoms with Crippen LogP contribution in [0.15, 0.2) is 10.9 Å². The molecule has 1 amide bonds. The Morgan fingerprint density at radius 2 is 2.22 bits per heavy atom. The molecule has 1 atom stereocenters. The van der Waals surface area contributed by atoms with Crippen molar-refractivity contribution in [1.82, 2.24) is 14.9 Å². The lowest BCUT2D eigenvalue weighted by Crippen LogP contribution is -2.39. The molecule has 1 fully saturated rings. The van der Waals surface area contributed by atoms with E-state index >= 15 is 0 Å². The number of amides is 1. The van der Waals surface area contributed by atoms with Crippen LogP contribution in [0.4, 0.5) is 0 Å². The number of carbonyl (C=O) groups excluding carboxylic acids is 1. The molecule has 128 valence electrons. The molecule has 1 aromatic rings. The summed E-state index contributed by atoms with van der Waals surface area (Å²) in [6.07, 6.45) is 2.96. The van der Waals surface area contributed by atoms with Crippen LogP contribution in [0.5, 0.6) is 0 Å². The van der Waals surface area contributed by atoms with Crippen molar-refractivity contribution in [2.75, 3.05) is 19.7 Å². The van der Waals surface area contributed by atoms with Gasteiger partial charge in [-0.2, -0.15) is 4.98 Å². The maximum atomic E-state index is 12.8. The Morgan fingerprint density at radius 1 is 1.48 bits per heavy atom. The molecule has 2 heterocycles. The predicted molar refractivity (Wildman–Crippen MR) is 88.7 cm³/mol. The van der Waals surface area contributed by atoms with E-state index in [2.05, 4.69) is 9.97 Å². The zero-order valence-corrected chi connectivity index (χ0v) is 14.5. The molecule has 0 saturated carbocycles. The summed E-state index contributed by atoms with van der Waals surface area (Å²) in [6, 6.07) is 1.70. The summed E-state index contributed by atoms with van der Waals surface area (Å²) in [5, 5.41) is 0. The molecule has 1 aromatic heterocycles. The third-order valence-electron chi connectivity index (χ3n) is 4.00. The Balaban J connectivity index is 2.24. The lowest BCUT2D eigenvalue weighted by molar-refractivity contribution is 0.0521. The second kappa shape index (κ2) is 7.25. The van der Waals surface area contributed by atoms with Crippen molar-refractivity contribution >= 4 is 5.91 Å². The van der Waals surface area contributed by atoms with Crippen LogP contribution in [0.25, 0.3) is 0 Å². The number of hydrogen-bond acceptors (Lipinski definition) is 4.